The SMILES string of the molecule is CC(C)C(Nc1cnc(C(N)=O)c(Nc2cc(C3CC3)no2)c1)C(N)=O. The Labute approximate surface area is 150 Å². The molecule has 138 valence electrons. The van der Waals surface area contributed by atoms with Gasteiger partial charge < -0.3 is 26.6 Å². The molecule has 3 rings (SSSR count). The van der Waals surface area contributed by atoms with Gasteiger partial charge in [0.1, 0.15) is 6.04 Å². The molecule has 2 aromatic heterocycles. The Kier molecular flexibility index (Phi) is 4.79. The van der Waals surface area contributed by atoms with Crippen molar-refractivity contribution in [3.8, 4) is 0 Å². The molecule has 26 heavy (non-hydrogen) atoms. The second kappa shape index (κ2) is 7.03. The van der Waals surface area contributed by atoms with Crippen LogP contribution in [0.15, 0.2) is 22.9 Å². The van der Waals surface area contributed by atoms with Gasteiger partial charge >= 0.3 is 0 Å². The summed E-state index contributed by atoms with van der Waals surface area (Å²) in [6, 6.07) is 2.85. The predicted octanol–water partition coefficient (Wildman–Crippen LogP) is 1.71. The van der Waals surface area contributed by atoms with Crippen LogP contribution in [-0.2, 0) is 4.79 Å². The van der Waals surface area contributed by atoms with Crippen molar-refractivity contribution in [2.24, 2.45) is 17.4 Å². The minimum Gasteiger partial charge on any atom is -0.372 e. The first-order valence-corrected chi connectivity index (χ1v) is 8.44. The van der Waals surface area contributed by atoms with Crippen molar-refractivity contribution < 1.29 is 14.1 Å². The number of carbonyl (C=O) groups excluding carboxylic acids is 2. The lowest BCUT2D eigenvalue weighted by atomic mass is 10.0. The zero-order chi connectivity index (χ0) is 18.8. The number of rotatable bonds is 8. The van der Waals surface area contributed by atoms with E-state index in [1.165, 1.54) is 6.20 Å². The van der Waals surface area contributed by atoms with Gasteiger partial charge in [-0.05, 0) is 24.8 Å². The van der Waals surface area contributed by atoms with Crippen LogP contribution in [0.2, 0.25) is 0 Å². The number of hydrogen-bond donors (Lipinski definition) is 4. The average molecular weight is 358 g/mol. The van der Waals surface area contributed by atoms with Gasteiger partial charge in [-0.3, -0.25) is 9.59 Å². The van der Waals surface area contributed by atoms with Gasteiger partial charge in [0, 0.05) is 12.0 Å². The molecule has 1 saturated carbocycles. The number of primary amides is 2. The molecule has 2 heterocycles. The number of amides is 2. The molecule has 6 N–H and O–H groups in total. The summed E-state index contributed by atoms with van der Waals surface area (Å²) in [5.74, 6) is -0.341. The Balaban J connectivity index is 1.85. The van der Waals surface area contributed by atoms with Crippen molar-refractivity contribution in [2.45, 2.75) is 38.6 Å². The fraction of sp³-hybridized carbons (Fsp3) is 0.412. The molecular weight excluding hydrogens is 336 g/mol. The molecule has 0 spiro atoms. The van der Waals surface area contributed by atoms with E-state index in [2.05, 4.69) is 20.8 Å². The highest BCUT2D eigenvalue weighted by molar-refractivity contribution is 5.97. The molecule has 0 aliphatic heterocycles. The summed E-state index contributed by atoms with van der Waals surface area (Å²) in [7, 11) is 0. The average Bonchev–Trinajstić information content (AvgIpc) is 3.32. The summed E-state index contributed by atoms with van der Waals surface area (Å²) in [4.78, 5) is 27.3. The van der Waals surface area contributed by atoms with Crippen LogP contribution in [0.3, 0.4) is 0 Å². The van der Waals surface area contributed by atoms with Crippen molar-refractivity contribution in [1.29, 1.82) is 0 Å². The monoisotopic (exact) mass is 358 g/mol. The lowest BCUT2D eigenvalue weighted by Gasteiger charge is -2.20. The smallest absolute Gasteiger partial charge is 0.269 e. The van der Waals surface area contributed by atoms with Crippen molar-refractivity contribution in [3.63, 3.8) is 0 Å². The standard InChI is InChI=1S/C17H22N6O3/c1-8(2)14(16(18)24)21-10-5-12(15(17(19)25)20-7-10)22-13-6-11(23-26-13)9-3-4-9/h5-9,14,21-22H,3-4H2,1-2H3,(H2,18,24)(H2,19,25). The molecule has 1 atom stereocenters. The molecule has 9 heteroatoms. The number of carbonyl (C=O) groups is 2. The van der Waals surface area contributed by atoms with E-state index in [1.807, 2.05) is 13.8 Å². The number of nitrogens with zero attached hydrogens (tertiary/aromatic N) is 2. The maximum atomic E-state index is 11.7. The first-order chi connectivity index (χ1) is 12.3. The van der Waals surface area contributed by atoms with Gasteiger partial charge in [-0.15, -0.1) is 0 Å². The molecule has 0 bridgehead atoms. The van der Waals surface area contributed by atoms with E-state index >= 15 is 0 Å². The number of hydrogen-bond acceptors (Lipinski definition) is 7. The van der Waals surface area contributed by atoms with Gasteiger partial charge in [-0.25, -0.2) is 4.98 Å². The van der Waals surface area contributed by atoms with Crippen LogP contribution in [0.25, 0.3) is 0 Å². The zero-order valence-corrected chi connectivity index (χ0v) is 14.7. The van der Waals surface area contributed by atoms with E-state index in [9.17, 15) is 9.59 Å². The second-order valence-electron chi connectivity index (χ2n) is 6.77. The lowest BCUT2D eigenvalue weighted by Crippen LogP contribution is -2.39. The topological polar surface area (TPSA) is 149 Å². The number of nitrogens with two attached hydrogens (primary N) is 2. The van der Waals surface area contributed by atoms with Gasteiger partial charge in [0.15, 0.2) is 5.69 Å². The normalized spacial score (nSPS) is 14.9. The van der Waals surface area contributed by atoms with Crippen LogP contribution < -0.4 is 22.1 Å². The van der Waals surface area contributed by atoms with Crippen LogP contribution in [0, 0.1) is 5.92 Å². The van der Waals surface area contributed by atoms with Crippen LogP contribution >= 0.6 is 0 Å². The minimum absolute atomic E-state index is 0.0184. The molecule has 0 aromatic carbocycles. The fourth-order valence-electron chi connectivity index (χ4n) is 2.63. The summed E-state index contributed by atoms with van der Waals surface area (Å²) in [5, 5.41) is 10.0. The van der Waals surface area contributed by atoms with Crippen molar-refractivity contribution in [2.75, 3.05) is 10.6 Å². The molecule has 0 radical (unpaired) electrons. The lowest BCUT2D eigenvalue weighted by molar-refractivity contribution is -0.119. The quantitative estimate of drug-likeness (QED) is 0.561. The Hall–Kier alpha value is -3.10. The largest absolute Gasteiger partial charge is 0.372 e. The highest BCUT2D eigenvalue weighted by atomic mass is 16.5. The maximum absolute atomic E-state index is 11.7. The molecule has 2 aromatic rings. The van der Waals surface area contributed by atoms with E-state index < -0.39 is 17.9 Å². The third-order valence-corrected chi connectivity index (χ3v) is 4.20. The predicted molar refractivity (Wildman–Crippen MR) is 96.0 cm³/mol. The van der Waals surface area contributed by atoms with Crippen LogP contribution in [0.1, 0.15) is 48.8 Å². The first kappa shape index (κ1) is 17.7. The summed E-state index contributed by atoms with van der Waals surface area (Å²) in [6.07, 6.45) is 3.63. The van der Waals surface area contributed by atoms with Crippen molar-refractivity contribution in [3.05, 3.63) is 29.7 Å². The highest BCUT2D eigenvalue weighted by Crippen LogP contribution is 2.40. The number of anilines is 3. The highest BCUT2D eigenvalue weighted by Gasteiger charge is 2.27. The van der Waals surface area contributed by atoms with Gasteiger partial charge in [0.2, 0.25) is 11.8 Å². The second-order valence-corrected chi connectivity index (χ2v) is 6.77. The molecule has 1 unspecified atom stereocenters. The Morgan fingerprint density at radius 3 is 2.58 bits per heavy atom. The van der Waals surface area contributed by atoms with Crippen LogP contribution in [-0.4, -0.2) is 28.0 Å². The molecule has 1 fully saturated rings. The molecule has 2 amide bonds. The van der Waals surface area contributed by atoms with Gasteiger partial charge in [0.05, 0.1) is 23.3 Å². The summed E-state index contributed by atoms with van der Waals surface area (Å²) < 4.78 is 5.27. The number of aromatic nitrogens is 2. The van der Waals surface area contributed by atoms with E-state index in [4.69, 9.17) is 16.0 Å². The number of pyridine rings is 1. The Bertz CT molecular complexity index is 828. The zero-order valence-electron chi connectivity index (χ0n) is 14.7. The number of nitrogens with one attached hydrogen (secondary N) is 2. The van der Waals surface area contributed by atoms with E-state index in [1.54, 1.807) is 12.1 Å². The molecule has 1 aliphatic carbocycles. The first-order valence-electron chi connectivity index (χ1n) is 8.44. The molecule has 1 aliphatic rings. The molecule has 0 saturated heterocycles. The van der Waals surface area contributed by atoms with Crippen LogP contribution in [0.5, 0.6) is 0 Å². The fourth-order valence-corrected chi connectivity index (χ4v) is 2.63. The Morgan fingerprint density at radius 1 is 1.27 bits per heavy atom. The summed E-state index contributed by atoms with van der Waals surface area (Å²) >= 11 is 0. The van der Waals surface area contributed by atoms with E-state index in [-0.39, 0.29) is 11.6 Å². The molecule has 9 nitrogen and oxygen atoms in total. The van der Waals surface area contributed by atoms with Crippen molar-refractivity contribution in [1.82, 2.24) is 10.1 Å². The summed E-state index contributed by atoms with van der Waals surface area (Å²) in [5.41, 5.74) is 12.6. The Morgan fingerprint density at radius 2 is 2.00 bits per heavy atom. The van der Waals surface area contributed by atoms with E-state index in [0.717, 1.165) is 18.5 Å². The van der Waals surface area contributed by atoms with Crippen LogP contribution in [0.4, 0.5) is 17.3 Å². The van der Waals surface area contributed by atoms with E-state index in [0.29, 0.717) is 23.2 Å². The third-order valence-electron chi connectivity index (χ3n) is 4.20. The maximum Gasteiger partial charge on any atom is 0.269 e. The van der Waals surface area contributed by atoms with Gasteiger partial charge in [-0.2, -0.15) is 0 Å². The van der Waals surface area contributed by atoms with Gasteiger partial charge in [-0.1, -0.05) is 19.0 Å². The van der Waals surface area contributed by atoms with Gasteiger partial charge in [0.25, 0.3) is 5.91 Å². The summed E-state index contributed by atoms with van der Waals surface area (Å²) in [6.45, 7) is 3.75. The molecular formula is C17H22N6O3. The minimum atomic E-state index is -0.684. The van der Waals surface area contributed by atoms with Crippen molar-refractivity contribution >= 4 is 29.1 Å². The third kappa shape index (κ3) is 3.93.